The van der Waals surface area contributed by atoms with Gasteiger partial charge in [-0.3, -0.25) is 13.8 Å². The Kier molecular flexibility index (Phi) is 40.7. The van der Waals surface area contributed by atoms with Crippen LogP contribution in [-0.2, 0) is 27.9 Å². The molecule has 0 radical (unpaired) electrons. The Morgan fingerprint density at radius 3 is 1.08 bits per heavy atom. The number of hydrogen-bond acceptors (Lipinski definition) is 11. The van der Waals surface area contributed by atoms with Crippen molar-refractivity contribution in [2.24, 2.45) is 0 Å². The number of rotatable bonds is 47. The first-order chi connectivity index (χ1) is 31.0. The third kappa shape index (κ3) is 33.8. The van der Waals surface area contributed by atoms with E-state index in [9.17, 15) is 39.8 Å². The Labute approximate surface area is 391 Å². The molecule has 1 fully saturated rings. The van der Waals surface area contributed by atoms with Gasteiger partial charge in [0.25, 0.3) is 0 Å². The van der Waals surface area contributed by atoms with Gasteiger partial charge in [-0.1, -0.05) is 239 Å². The first-order valence-corrected chi connectivity index (χ1v) is 28.4. The highest BCUT2D eigenvalue weighted by Gasteiger charge is 2.51. The van der Waals surface area contributed by atoms with Crippen LogP contribution in [0.25, 0.3) is 0 Å². The highest BCUT2D eigenvalue weighted by atomic mass is 31.2. The van der Waals surface area contributed by atoms with E-state index >= 15 is 0 Å². The van der Waals surface area contributed by atoms with E-state index in [2.05, 4.69) is 13.8 Å². The molecule has 0 heterocycles. The maximum atomic E-state index is 12.9. The molecular weight excluding hydrogens is 836 g/mol. The van der Waals surface area contributed by atoms with Gasteiger partial charge in [-0.15, -0.1) is 0 Å². The van der Waals surface area contributed by atoms with Gasteiger partial charge in [-0.05, 0) is 12.8 Å². The zero-order valence-corrected chi connectivity index (χ0v) is 42.0. The number of carbonyl (C=O) groups excluding carboxylic acids is 1. The van der Waals surface area contributed by atoms with E-state index in [0.717, 1.165) is 38.5 Å². The minimum absolute atomic E-state index is 0.0673. The third-order valence-corrected chi connectivity index (χ3v) is 14.0. The second kappa shape index (κ2) is 42.4. The molecule has 1 aliphatic carbocycles. The molecule has 6 N–H and O–H groups in total. The molecular formula is C51H101O12P. The Balaban J connectivity index is 2.30. The van der Waals surface area contributed by atoms with Gasteiger partial charge in [0.05, 0.1) is 13.2 Å². The molecule has 6 unspecified atom stereocenters. The number of ether oxygens (including phenoxy) is 2. The lowest BCUT2D eigenvalue weighted by Gasteiger charge is -2.41. The van der Waals surface area contributed by atoms with Crippen LogP contribution in [0.1, 0.15) is 258 Å². The monoisotopic (exact) mass is 937 g/mol. The summed E-state index contributed by atoms with van der Waals surface area (Å²) in [5.74, 6) is -0.469. The normalized spacial score (nSPS) is 21.6. The first-order valence-electron chi connectivity index (χ1n) is 26.9. The molecule has 13 heteroatoms. The predicted octanol–water partition coefficient (Wildman–Crippen LogP) is 12.1. The van der Waals surface area contributed by atoms with Crippen molar-refractivity contribution in [3.05, 3.63) is 0 Å². The second-order valence-electron chi connectivity index (χ2n) is 19.1. The summed E-state index contributed by atoms with van der Waals surface area (Å²) in [4.78, 5) is 23.2. The number of aliphatic hydroxyl groups is 5. The van der Waals surface area contributed by atoms with Crippen molar-refractivity contribution in [2.45, 2.75) is 301 Å². The van der Waals surface area contributed by atoms with E-state index in [4.69, 9.17) is 18.5 Å². The summed E-state index contributed by atoms with van der Waals surface area (Å²) >= 11 is 0. The predicted molar refractivity (Wildman–Crippen MR) is 258 cm³/mol. The highest BCUT2D eigenvalue weighted by Crippen LogP contribution is 2.47. The fraction of sp³-hybridized carbons (Fsp3) is 0.980. The van der Waals surface area contributed by atoms with Gasteiger partial charge in [-0.25, -0.2) is 4.57 Å². The molecule has 0 saturated heterocycles. The van der Waals surface area contributed by atoms with Crippen LogP contribution in [0, 0.1) is 0 Å². The molecule has 6 atom stereocenters. The van der Waals surface area contributed by atoms with E-state index in [0.29, 0.717) is 13.0 Å². The SMILES string of the molecule is CCCCCCCCCCCCCCCCCCCCCCOCC(COP(=O)(O)OC1C(O)C(O)C(O)C(O)C1O)OC(=O)CCCCCCCCCCCCCCCCCCC. The van der Waals surface area contributed by atoms with Gasteiger partial charge in [0.2, 0.25) is 0 Å². The molecule has 382 valence electrons. The molecule has 0 amide bonds. The number of aliphatic hydroxyl groups excluding tert-OH is 5. The molecule has 0 spiro atoms. The van der Waals surface area contributed by atoms with Crippen molar-refractivity contribution in [2.75, 3.05) is 19.8 Å². The molecule has 1 saturated carbocycles. The lowest BCUT2D eigenvalue weighted by molar-refractivity contribution is -0.220. The minimum atomic E-state index is -5.01. The van der Waals surface area contributed by atoms with Crippen LogP contribution in [-0.4, -0.2) is 98.9 Å². The number of phosphoric ester groups is 1. The van der Waals surface area contributed by atoms with Gasteiger partial charge in [-0.2, -0.15) is 0 Å². The standard InChI is InChI=1S/C51H101O12P/c1-3-5-7-9-11-13-15-17-19-21-22-23-25-27-29-31-33-35-37-39-41-60-42-44(43-61-64(58,59)63-51-49(56)47(54)46(53)48(55)50(51)57)62-45(52)40-38-36-34-32-30-28-26-24-20-18-16-14-12-10-8-6-4-2/h44,46-51,53-57H,3-43H2,1-2H3,(H,58,59). The van der Waals surface area contributed by atoms with Gasteiger partial charge in [0, 0.05) is 13.0 Å². The molecule has 1 rings (SSSR count). The van der Waals surface area contributed by atoms with Crippen LogP contribution in [0.3, 0.4) is 0 Å². The van der Waals surface area contributed by atoms with Crippen molar-refractivity contribution < 1.29 is 58.3 Å². The summed E-state index contributed by atoms with van der Waals surface area (Å²) in [6, 6.07) is 0. The lowest BCUT2D eigenvalue weighted by atomic mass is 9.85. The molecule has 0 aromatic heterocycles. The van der Waals surface area contributed by atoms with Crippen molar-refractivity contribution in [1.29, 1.82) is 0 Å². The van der Waals surface area contributed by atoms with Crippen LogP contribution in [0.4, 0.5) is 0 Å². The number of hydrogen-bond donors (Lipinski definition) is 6. The number of unbranched alkanes of at least 4 members (excludes halogenated alkanes) is 35. The fourth-order valence-corrected chi connectivity index (χ4v) is 9.68. The minimum Gasteiger partial charge on any atom is -0.457 e. The topological polar surface area (TPSA) is 192 Å². The summed E-state index contributed by atoms with van der Waals surface area (Å²) in [6.07, 6.45) is 34.5. The average molecular weight is 937 g/mol. The van der Waals surface area contributed by atoms with Gasteiger partial charge >= 0.3 is 13.8 Å². The van der Waals surface area contributed by atoms with Crippen molar-refractivity contribution >= 4 is 13.8 Å². The van der Waals surface area contributed by atoms with Gasteiger partial charge < -0.3 is 39.9 Å². The molecule has 0 aromatic carbocycles. The van der Waals surface area contributed by atoms with E-state index in [-0.39, 0.29) is 13.0 Å². The third-order valence-electron chi connectivity index (χ3n) is 13.0. The van der Waals surface area contributed by atoms with Crippen LogP contribution in [0.2, 0.25) is 0 Å². The Hall–Kier alpha value is -0.660. The van der Waals surface area contributed by atoms with E-state index in [1.807, 2.05) is 0 Å². The second-order valence-corrected chi connectivity index (χ2v) is 20.5. The Bertz CT molecular complexity index is 1070. The lowest BCUT2D eigenvalue weighted by Crippen LogP contribution is -2.64. The maximum absolute atomic E-state index is 12.9. The van der Waals surface area contributed by atoms with Crippen LogP contribution in [0.15, 0.2) is 0 Å². The van der Waals surface area contributed by atoms with Gasteiger partial charge in [0.15, 0.2) is 0 Å². The summed E-state index contributed by atoms with van der Waals surface area (Å²) in [5.41, 5.74) is 0. The van der Waals surface area contributed by atoms with Crippen LogP contribution < -0.4 is 0 Å². The van der Waals surface area contributed by atoms with Crippen molar-refractivity contribution in [3.63, 3.8) is 0 Å². The Morgan fingerprint density at radius 1 is 0.438 bits per heavy atom. The quantitative estimate of drug-likeness (QED) is 0.0192. The van der Waals surface area contributed by atoms with Crippen LogP contribution in [0.5, 0.6) is 0 Å². The molecule has 0 aromatic rings. The largest absolute Gasteiger partial charge is 0.472 e. The summed E-state index contributed by atoms with van der Waals surface area (Å²) in [5, 5.41) is 50.3. The molecule has 0 aliphatic heterocycles. The molecule has 64 heavy (non-hydrogen) atoms. The molecule has 1 aliphatic rings. The number of esters is 1. The molecule has 0 bridgehead atoms. The van der Waals surface area contributed by atoms with Crippen molar-refractivity contribution in [3.8, 4) is 0 Å². The zero-order valence-electron chi connectivity index (χ0n) is 41.1. The van der Waals surface area contributed by atoms with Crippen molar-refractivity contribution in [1.82, 2.24) is 0 Å². The van der Waals surface area contributed by atoms with Crippen LogP contribution >= 0.6 is 7.82 Å². The van der Waals surface area contributed by atoms with E-state index in [1.165, 1.54) is 193 Å². The molecule has 12 nitrogen and oxygen atoms in total. The number of carbonyl (C=O) groups is 1. The smallest absolute Gasteiger partial charge is 0.457 e. The maximum Gasteiger partial charge on any atom is 0.472 e. The summed E-state index contributed by atoms with van der Waals surface area (Å²) < 4.78 is 34.3. The fourth-order valence-electron chi connectivity index (χ4n) is 8.71. The highest BCUT2D eigenvalue weighted by molar-refractivity contribution is 7.47. The van der Waals surface area contributed by atoms with E-state index in [1.54, 1.807) is 0 Å². The number of phosphoric acid groups is 1. The summed E-state index contributed by atoms with van der Waals surface area (Å²) in [7, 11) is -5.01. The van der Waals surface area contributed by atoms with E-state index < -0.39 is 63.1 Å². The first kappa shape index (κ1) is 61.4. The van der Waals surface area contributed by atoms with Gasteiger partial charge in [0.1, 0.15) is 42.7 Å². The zero-order chi connectivity index (χ0) is 46.9. The summed E-state index contributed by atoms with van der Waals surface area (Å²) in [6.45, 7) is 4.33. The average Bonchev–Trinajstić information content (AvgIpc) is 3.28. The Morgan fingerprint density at radius 2 is 0.734 bits per heavy atom.